The van der Waals surface area contributed by atoms with Gasteiger partial charge in [0.05, 0.1) is 21.9 Å². The average molecular weight is 391 g/mol. The predicted molar refractivity (Wildman–Crippen MR) is 117 cm³/mol. The lowest BCUT2D eigenvalue weighted by molar-refractivity contribution is -0.0492. The van der Waals surface area contributed by atoms with Crippen LogP contribution in [-0.2, 0) is 5.54 Å². The van der Waals surface area contributed by atoms with E-state index in [9.17, 15) is 0 Å². The van der Waals surface area contributed by atoms with E-state index in [-0.39, 0.29) is 5.54 Å². The molecule has 2 aliphatic heterocycles. The van der Waals surface area contributed by atoms with Crippen LogP contribution in [0.3, 0.4) is 0 Å². The molecule has 0 radical (unpaired) electrons. The summed E-state index contributed by atoms with van der Waals surface area (Å²) in [5.41, 5.74) is 4.62. The Morgan fingerprint density at radius 3 is 2.75 bits per heavy atom. The molecule has 0 bridgehead atoms. The standard InChI is InChI=1S/C23H26N4S/c1-16-9-7-12-19-21(16)25-22(24-19)23(3)13-8-14-27(23)26-15-20(28-17(26)2)18-10-5-4-6-11-18/h4-7,9-12,15,17H,8,13-14H2,1-3H3,(H,24,25)/t17?,23-/m0/s1. The van der Waals surface area contributed by atoms with Crippen LogP contribution in [-0.4, -0.2) is 31.9 Å². The van der Waals surface area contributed by atoms with Crippen LogP contribution in [0.25, 0.3) is 15.9 Å². The Bertz CT molecular complexity index is 1040. The lowest BCUT2D eigenvalue weighted by Crippen LogP contribution is -2.50. The number of benzene rings is 2. The van der Waals surface area contributed by atoms with Crippen molar-refractivity contribution in [1.82, 2.24) is 20.0 Å². The highest BCUT2D eigenvalue weighted by atomic mass is 32.2. The van der Waals surface area contributed by atoms with Crippen molar-refractivity contribution in [3.63, 3.8) is 0 Å². The smallest absolute Gasteiger partial charge is 0.129 e. The minimum Gasteiger partial charge on any atom is -0.340 e. The Hall–Kier alpha value is -2.24. The Morgan fingerprint density at radius 1 is 1.14 bits per heavy atom. The zero-order valence-electron chi connectivity index (χ0n) is 16.6. The number of aromatic nitrogens is 2. The normalized spacial score (nSPS) is 25.6. The monoisotopic (exact) mass is 390 g/mol. The first-order chi connectivity index (χ1) is 13.6. The number of hydrazine groups is 1. The van der Waals surface area contributed by atoms with E-state index in [4.69, 9.17) is 4.98 Å². The Labute approximate surface area is 170 Å². The summed E-state index contributed by atoms with van der Waals surface area (Å²) in [6.45, 7) is 7.81. The van der Waals surface area contributed by atoms with Crippen molar-refractivity contribution in [2.45, 2.75) is 44.5 Å². The number of aromatic amines is 1. The summed E-state index contributed by atoms with van der Waals surface area (Å²) in [6.07, 6.45) is 4.60. The van der Waals surface area contributed by atoms with Crippen LogP contribution in [0.5, 0.6) is 0 Å². The number of nitrogens with one attached hydrogen (secondary N) is 1. The van der Waals surface area contributed by atoms with Gasteiger partial charge in [0.2, 0.25) is 0 Å². The maximum atomic E-state index is 5.04. The van der Waals surface area contributed by atoms with E-state index in [0.717, 1.165) is 29.8 Å². The number of imidazole rings is 1. The molecule has 5 rings (SSSR count). The van der Waals surface area contributed by atoms with Gasteiger partial charge in [-0.2, -0.15) is 0 Å². The molecule has 1 saturated heterocycles. The summed E-state index contributed by atoms with van der Waals surface area (Å²) in [6, 6.07) is 17.1. The second-order valence-corrected chi connectivity index (χ2v) is 9.37. The van der Waals surface area contributed by atoms with Gasteiger partial charge in [0.25, 0.3) is 0 Å². The second-order valence-electron chi connectivity index (χ2n) is 8.01. The Morgan fingerprint density at radius 2 is 1.96 bits per heavy atom. The van der Waals surface area contributed by atoms with Gasteiger partial charge in [0, 0.05) is 17.6 Å². The van der Waals surface area contributed by atoms with E-state index in [0.29, 0.717) is 5.37 Å². The van der Waals surface area contributed by atoms with Gasteiger partial charge in [0.1, 0.15) is 5.82 Å². The molecule has 2 aliphatic rings. The molecule has 0 saturated carbocycles. The van der Waals surface area contributed by atoms with Crippen molar-refractivity contribution < 1.29 is 0 Å². The van der Waals surface area contributed by atoms with Crippen molar-refractivity contribution in [1.29, 1.82) is 0 Å². The number of fused-ring (bicyclic) bond motifs is 1. The van der Waals surface area contributed by atoms with Crippen LogP contribution >= 0.6 is 11.8 Å². The molecule has 1 fully saturated rings. The number of aryl methyl sites for hydroxylation is 1. The molecule has 2 atom stereocenters. The molecule has 5 heteroatoms. The molecule has 3 heterocycles. The van der Waals surface area contributed by atoms with Gasteiger partial charge in [-0.3, -0.25) is 5.01 Å². The van der Waals surface area contributed by atoms with E-state index < -0.39 is 0 Å². The predicted octanol–water partition coefficient (Wildman–Crippen LogP) is 5.49. The fraction of sp³-hybridized carbons (Fsp3) is 0.348. The fourth-order valence-electron chi connectivity index (χ4n) is 4.49. The molecule has 1 N–H and O–H groups in total. The summed E-state index contributed by atoms with van der Waals surface area (Å²) in [5, 5.41) is 5.33. The van der Waals surface area contributed by atoms with Crippen molar-refractivity contribution >= 4 is 27.7 Å². The van der Waals surface area contributed by atoms with E-state index >= 15 is 0 Å². The number of para-hydroxylation sites is 1. The summed E-state index contributed by atoms with van der Waals surface area (Å²) in [4.78, 5) is 10.00. The largest absolute Gasteiger partial charge is 0.340 e. The number of nitrogens with zero attached hydrogens (tertiary/aromatic N) is 3. The van der Waals surface area contributed by atoms with Crippen LogP contribution in [0.4, 0.5) is 0 Å². The first-order valence-electron chi connectivity index (χ1n) is 10.0. The van der Waals surface area contributed by atoms with Gasteiger partial charge in [-0.05, 0) is 50.8 Å². The third kappa shape index (κ3) is 2.76. The third-order valence-electron chi connectivity index (χ3n) is 6.08. The summed E-state index contributed by atoms with van der Waals surface area (Å²) < 4.78 is 0. The molecule has 2 aromatic carbocycles. The quantitative estimate of drug-likeness (QED) is 0.641. The Balaban J connectivity index is 1.52. The highest BCUT2D eigenvalue weighted by molar-refractivity contribution is 8.09. The first kappa shape index (κ1) is 17.8. The molecule has 1 aromatic heterocycles. The molecular formula is C23H26N4S. The van der Waals surface area contributed by atoms with Crippen molar-refractivity contribution in [3.05, 3.63) is 71.7 Å². The van der Waals surface area contributed by atoms with E-state index in [1.165, 1.54) is 22.5 Å². The molecule has 0 spiro atoms. The Kier molecular flexibility index (Phi) is 4.25. The lowest BCUT2D eigenvalue weighted by Gasteiger charge is -2.41. The molecule has 0 aliphatic carbocycles. The van der Waals surface area contributed by atoms with Crippen LogP contribution in [0.2, 0.25) is 0 Å². The molecule has 3 aromatic rings. The topological polar surface area (TPSA) is 35.2 Å². The maximum Gasteiger partial charge on any atom is 0.129 e. The van der Waals surface area contributed by atoms with E-state index in [1.54, 1.807) is 0 Å². The fourth-order valence-corrected chi connectivity index (χ4v) is 5.59. The summed E-state index contributed by atoms with van der Waals surface area (Å²) in [7, 11) is 0. The average Bonchev–Trinajstić information content (AvgIpc) is 3.40. The number of H-pyrrole nitrogens is 1. The SMILES string of the molecule is Cc1cccc2[nH]c([C@]3(C)CCCN3N3C=C(c4ccccc4)SC3C)nc12. The third-order valence-corrected chi connectivity index (χ3v) is 7.24. The van der Waals surface area contributed by atoms with Crippen molar-refractivity contribution in [2.75, 3.05) is 6.54 Å². The van der Waals surface area contributed by atoms with Crippen LogP contribution in [0, 0.1) is 6.92 Å². The van der Waals surface area contributed by atoms with Gasteiger partial charge >= 0.3 is 0 Å². The zero-order chi connectivity index (χ0) is 19.3. The maximum absolute atomic E-state index is 5.04. The zero-order valence-corrected chi connectivity index (χ0v) is 17.5. The second kappa shape index (κ2) is 6.68. The van der Waals surface area contributed by atoms with Crippen molar-refractivity contribution in [2.24, 2.45) is 0 Å². The summed E-state index contributed by atoms with van der Waals surface area (Å²) >= 11 is 1.93. The number of hydrogen-bond donors (Lipinski definition) is 1. The van der Waals surface area contributed by atoms with Gasteiger partial charge in [-0.1, -0.05) is 54.2 Å². The minimum absolute atomic E-state index is 0.122. The molecule has 1 unspecified atom stereocenters. The van der Waals surface area contributed by atoms with Crippen molar-refractivity contribution in [3.8, 4) is 0 Å². The van der Waals surface area contributed by atoms with E-state index in [1.807, 2.05) is 11.8 Å². The first-order valence-corrected chi connectivity index (χ1v) is 10.9. The molecule has 144 valence electrons. The number of hydrogen-bond acceptors (Lipinski definition) is 4. The van der Waals surface area contributed by atoms with Gasteiger partial charge < -0.3 is 4.98 Å². The van der Waals surface area contributed by atoms with Gasteiger partial charge in [0.15, 0.2) is 0 Å². The molecular weight excluding hydrogens is 364 g/mol. The van der Waals surface area contributed by atoms with Crippen LogP contribution < -0.4 is 0 Å². The molecule has 0 amide bonds. The molecule has 4 nitrogen and oxygen atoms in total. The van der Waals surface area contributed by atoms with Gasteiger partial charge in [-0.25, -0.2) is 9.99 Å². The summed E-state index contributed by atoms with van der Waals surface area (Å²) in [5.74, 6) is 1.08. The van der Waals surface area contributed by atoms with Gasteiger partial charge in [-0.15, -0.1) is 0 Å². The number of thioether (sulfide) groups is 1. The molecule has 28 heavy (non-hydrogen) atoms. The number of rotatable bonds is 3. The highest BCUT2D eigenvalue weighted by Crippen LogP contribution is 2.46. The minimum atomic E-state index is -0.122. The van der Waals surface area contributed by atoms with Crippen LogP contribution in [0.1, 0.15) is 43.6 Å². The highest BCUT2D eigenvalue weighted by Gasteiger charge is 2.45. The van der Waals surface area contributed by atoms with Crippen LogP contribution in [0.15, 0.2) is 54.7 Å². The lowest BCUT2D eigenvalue weighted by atomic mass is 9.99. The van der Waals surface area contributed by atoms with E-state index in [2.05, 4.69) is 90.5 Å².